The van der Waals surface area contributed by atoms with Crippen molar-refractivity contribution in [2.24, 2.45) is 0 Å². The Labute approximate surface area is 149 Å². The maximum Gasteiger partial charge on any atom is 0.261 e. The van der Waals surface area contributed by atoms with E-state index >= 15 is 0 Å². The van der Waals surface area contributed by atoms with Crippen molar-refractivity contribution in [3.63, 3.8) is 0 Å². The molecule has 1 aromatic carbocycles. The van der Waals surface area contributed by atoms with E-state index in [-0.39, 0.29) is 12.5 Å². The molecule has 0 aliphatic heterocycles. The quantitative estimate of drug-likeness (QED) is 0.764. The maximum atomic E-state index is 12.8. The molecule has 4 heteroatoms. The van der Waals surface area contributed by atoms with Gasteiger partial charge in [0.15, 0.2) is 6.61 Å². The lowest BCUT2D eigenvalue weighted by atomic mass is 10.0. The van der Waals surface area contributed by atoms with Gasteiger partial charge in [0.25, 0.3) is 5.91 Å². The van der Waals surface area contributed by atoms with Crippen LogP contribution in [-0.4, -0.2) is 28.4 Å². The topological polar surface area (TPSA) is 42.4 Å². The fraction of sp³-hybridized carbons (Fsp3) is 0.429. The van der Waals surface area contributed by atoms with E-state index in [0.717, 1.165) is 35.3 Å². The largest absolute Gasteiger partial charge is 0.483 e. The smallest absolute Gasteiger partial charge is 0.261 e. The van der Waals surface area contributed by atoms with Crippen molar-refractivity contribution < 1.29 is 9.53 Å². The number of hydrogen-bond acceptors (Lipinski definition) is 3. The normalized spacial score (nSPS) is 13.8. The summed E-state index contributed by atoms with van der Waals surface area (Å²) in [5.74, 6) is 1.24. The number of hydrogen-bond donors (Lipinski definition) is 0. The number of benzene rings is 1. The molecule has 0 N–H and O–H groups in total. The van der Waals surface area contributed by atoms with Crippen LogP contribution in [0.4, 0.5) is 0 Å². The van der Waals surface area contributed by atoms with Crippen molar-refractivity contribution in [2.75, 3.05) is 6.61 Å². The summed E-state index contributed by atoms with van der Waals surface area (Å²) in [6, 6.07) is 10.5. The molecule has 2 aromatic rings. The van der Waals surface area contributed by atoms with Gasteiger partial charge in [-0.1, -0.05) is 26.0 Å². The van der Waals surface area contributed by atoms with E-state index in [4.69, 9.17) is 4.74 Å². The van der Waals surface area contributed by atoms with E-state index in [9.17, 15) is 4.79 Å². The minimum Gasteiger partial charge on any atom is -0.483 e. The molecule has 3 rings (SSSR count). The van der Waals surface area contributed by atoms with Crippen molar-refractivity contribution in [2.45, 2.75) is 52.1 Å². The van der Waals surface area contributed by atoms with Crippen LogP contribution in [0.2, 0.25) is 0 Å². The molecule has 4 nitrogen and oxygen atoms in total. The predicted molar refractivity (Wildman–Crippen MR) is 98.6 cm³/mol. The number of nitrogens with zero attached hydrogens (tertiary/aromatic N) is 2. The Morgan fingerprint density at radius 1 is 1.24 bits per heavy atom. The lowest BCUT2D eigenvalue weighted by Crippen LogP contribution is -2.36. The van der Waals surface area contributed by atoms with E-state index < -0.39 is 0 Å². The number of aryl methyl sites for hydroxylation is 1. The van der Waals surface area contributed by atoms with Crippen molar-refractivity contribution in [3.05, 3.63) is 59.4 Å². The van der Waals surface area contributed by atoms with Gasteiger partial charge in [-0.3, -0.25) is 9.78 Å². The van der Waals surface area contributed by atoms with Gasteiger partial charge in [-0.15, -0.1) is 0 Å². The number of carbonyl (C=O) groups is 1. The second kappa shape index (κ2) is 7.68. The zero-order valence-electron chi connectivity index (χ0n) is 15.2. The molecule has 1 saturated carbocycles. The van der Waals surface area contributed by atoms with Crippen LogP contribution >= 0.6 is 0 Å². The first-order valence-electron chi connectivity index (χ1n) is 8.96. The first-order valence-corrected chi connectivity index (χ1v) is 8.96. The van der Waals surface area contributed by atoms with Gasteiger partial charge in [-0.2, -0.15) is 0 Å². The molecular weight excluding hydrogens is 312 g/mol. The third-order valence-corrected chi connectivity index (χ3v) is 4.55. The van der Waals surface area contributed by atoms with Crippen molar-refractivity contribution in [1.29, 1.82) is 0 Å². The Kier molecular flexibility index (Phi) is 5.37. The molecule has 1 amide bonds. The van der Waals surface area contributed by atoms with Gasteiger partial charge in [-0.25, -0.2) is 0 Å². The molecule has 0 atom stereocenters. The summed E-state index contributed by atoms with van der Waals surface area (Å²) in [5, 5.41) is 0. The van der Waals surface area contributed by atoms with Crippen LogP contribution in [-0.2, 0) is 11.3 Å². The Balaban J connectivity index is 1.67. The number of pyridine rings is 1. The van der Waals surface area contributed by atoms with Crippen molar-refractivity contribution in [3.8, 4) is 5.75 Å². The summed E-state index contributed by atoms with van der Waals surface area (Å²) in [6.07, 6.45) is 5.70. The maximum absolute atomic E-state index is 12.8. The van der Waals surface area contributed by atoms with Crippen LogP contribution in [0.3, 0.4) is 0 Å². The van der Waals surface area contributed by atoms with Crippen molar-refractivity contribution in [1.82, 2.24) is 9.88 Å². The van der Waals surface area contributed by atoms with Crippen molar-refractivity contribution >= 4 is 5.91 Å². The number of carbonyl (C=O) groups excluding carboxylic acids is 1. The Morgan fingerprint density at radius 2 is 1.96 bits per heavy atom. The van der Waals surface area contributed by atoms with Crippen LogP contribution in [0, 0.1) is 6.92 Å². The highest BCUT2D eigenvalue weighted by atomic mass is 16.5. The molecular formula is C21H26N2O2. The fourth-order valence-corrected chi connectivity index (χ4v) is 2.96. The third kappa shape index (κ3) is 4.59. The summed E-state index contributed by atoms with van der Waals surface area (Å²) in [6.45, 7) is 7.03. The van der Waals surface area contributed by atoms with E-state index in [2.05, 4.69) is 31.0 Å². The highest BCUT2D eigenvalue weighted by Crippen LogP contribution is 2.30. The second-order valence-corrected chi connectivity index (χ2v) is 7.09. The van der Waals surface area contributed by atoms with E-state index in [1.807, 2.05) is 30.0 Å². The number of rotatable bonds is 7. The molecule has 25 heavy (non-hydrogen) atoms. The molecule has 0 unspecified atom stereocenters. The fourth-order valence-electron chi connectivity index (χ4n) is 2.96. The van der Waals surface area contributed by atoms with E-state index in [1.54, 1.807) is 12.4 Å². The summed E-state index contributed by atoms with van der Waals surface area (Å²) in [4.78, 5) is 18.7. The first-order chi connectivity index (χ1) is 12.0. The number of aromatic nitrogens is 1. The molecule has 0 bridgehead atoms. The Hall–Kier alpha value is -2.36. The molecule has 0 saturated heterocycles. The molecule has 1 aliphatic carbocycles. The van der Waals surface area contributed by atoms with Gasteiger partial charge >= 0.3 is 0 Å². The minimum atomic E-state index is 0.0514. The van der Waals surface area contributed by atoms with E-state index in [0.29, 0.717) is 18.5 Å². The third-order valence-electron chi connectivity index (χ3n) is 4.55. The van der Waals surface area contributed by atoms with Gasteiger partial charge in [0, 0.05) is 25.0 Å². The highest BCUT2D eigenvalue weighted by Gasteiger charge is 2.32. The van der Waals surface area contributed by atoms with Crippen LogP contribution < -0.4 is 4.74 Å². The molecule has 1 heterocycles. The SMILES string of the molecule is Cc1ccc(C(C)C)c(OCC(=O)N(Cc2ccncc2)C2CC2)c1. The molecule has 1 aliphatic rings. The Bertz CT molecular complexity index is 724. The van der Waals surface area contributed by atoms with Gasteiger partial charge in [0.05, 0.1) is 0 Å². The number of amides is 1. The summed E-state index contributed by atoms with van der Waals surface area (Å²) >= 11 is 0. The second-order valence-electron chi connectivity index (χ2n) is 7.09. The Morgan fingerprint density at radius 3 is 2.60 bits per heavy atom. The van der Waals surface area contributed by atoms with Crippen LogP contribution in [0.5, 0.6) is 5.75 Å². The van der Waals surface area contributed by atoms with Gasteiger partial charge in [0.1, 0.15) is 5.75 Å². The molecule has 1 fully saturated rings. The van der Waals surface area contributed by atoms with Crippen LogP contribution in [0.1, 0.15) is 49.3 Å². The zero-order valence-corrected chi connectivity index (χ0v) is 15.2. The number of ether oxygens (including phenoxy) is 1. The zero-order chi connectivity index (χ0) is 17.8. The van der Waals surface area contributed by atoms with Gasteiger partial charge in [0.2, 0.25) is 0 Å². The molecule has 0 radical (unpaired) electrons. The lowest BCUT2D eigenvalue weighted by molar-refractivity contribution is -0.134. The minimum absolute atomic E-state index is 0.0514. The predicted octanol–water partition coefficient (Wildman–Crippen LogP) is 4.08. The van der Waals surface area contributed by atoms with Gasteiger partial charge in [-0.05, 0) is 60.6 Å². The first kappa shape index (κ1) is 17.5. The van der Waals surface area contributed by atoms with Crippen LogP contribution in [0.15, 0.2) is 42.7 Å². The average Bonchev–Trinajstić information content (AvgIpc) is 3.43. The monoisotopic (exact) mass is 338 g/mol. The molecule has 0 spiro atoms. The summed E-state index contributed by atoms with van der Waals surface area (Å²) in [5.41, 5.74) is 3.39. The summed E-state index contributed by atoms with van der Waals surface area (Å²) < 4.78 is 5.93. The average molecular weight is 338 g/mol. The molecule has 1 aromatic heterocycles. The van der Waals surface area contributed by atoms with Gasteiger partial charge < -0.3 is 9.64 Å². The van der Waals surface area contributed by atoms with Crippen LogP contribution in [0.25, 0.3) is 0 Å². The summed E-state index contributed by atoms with van der Waals surface area (Å²) in [7, 11) is 0. The van der Waals surface area contributed by atoms with E-state index in [1.165, 1.54) is 0 Å². The highest BCUT2D eigenvalue weighted by molar-refractivity contribution is 5.78. The molecule has 132 valence electrons. The standard InChI is InChI=1S/C21H26N2O2/c1-15(2)19-7-4-16(3)12-20(19)25-14-21(24)23(18-5-6-18)13-17-8-10-22-11-9-17/h4,7-12,15,18H,5-6,13-14H2,1-3H3. The lowest BCUT2D eigenvalue weighted by Gasteiger charge is -2.23.